The van der Waals surface area contributed by atoms with Crippen molar-refractivity contribution in [3.8, 4) is 0 Å². The van der Waals surface area contributed by atoms with E-state index < -0.39 is 5.97 Å². The second-order valence-electron chi connectivity index (χ2n) is 4.25. The molecule has 0 aromatic carbocycles. The van der Waals surface area contributed by atoms with Gasteiger partial charge in [-0.25, -0.2) is 4.79 Å². The standard InChI is InChI=1S/C11H20N2O4/c14-8-9-4-2-1-3-7-13(9)11(17)12-6-5-10(15)16/h9,14H,1-8H2,(H,12,17)(H,15,16). The fourth-order valence-electron chi connectivity index (χ4n) is 2.01. The third kappa shape index (κ3) is 4.60. The smallest absolute Gasteiger partial charge is 0.317 e. The fraction of sp³-hybridized carbons (Fsp3) is 0.818. The van der Waals surface area contributed by atoms with Gasteiger partial charge in [-0.05, 0) is 12.8 Å². The van der Waals surface area contributed by atoms with E-state index in [-0.39, 0.29) is 31.6 Å². The molecular formula is C11H20N2O4. The van der Waals surface area contributed by atoms with Crippen LogP contribution in [0.1, 0.15) is 32.1 Å². The van der Waals surface area contributed by atoms with E-state index in [1.165, 1.54) is 0 Å². The number of aliphatic carboxylic acids is 1. The number of nitrogens with zero attached hydrogens (tertiary/aromatic N) is 1. The molecule has 1 atom stereocenters. The van der Waals surface area contributed by atoms with E-state index in [1.807, 2.05) is 0 Å². The molecule has 0 saturated carbocycles. The summed E-state index contributed by atoms with van der Waals surface area (Å²) in [4.78, 5) is 23.8. The quantitative estimate of drug-likeness (QED) is 0.668. The molecule has 0 aliphatic carbocycles. The van der Waals surface area contributed by atoms with Crippen molar-refractivity contribution in [2.75, 3.05) is 19.7 Å². The Hall–Kier alpha value is -1.30. The summed E-state index contributed by atoms with van der Waals surface area (Å²) in [7, 11) is 0. The Kier molecular flexibility index (Phi) is 5.76. The Bertz CT molecular complexity index is 270. The number of aliphatic hydroxyl groups is 1. The zero-order chi connectivity index (χ0) is 12.7. The monoisotopic (exact) mass is 244 g/mol. The van der Waals surface area contributed by atoms with Crippen LogP contribution in [0.25, 0.3) is 0 Å². The van der Waals surface area contributed by atoms with E-state index in [4.69, 9.17) is 5.11 Å². The third-order valence-corrected chi connectivity index (χ3v) is 2.96. The SMILES string of the molecule is O=C(O)CCNC(=O)N1CCCCCC1CO. The summed E-state index contributed by atoms with van der Waals surface area (Å²) in [6.45, 7) is 0.722. The topological polar surface area (TPSA) is 89.9 Å². The molecule has 1 heterocycles. The molecule has 1 rings (SSSR count). The third-order valence-electron chi connectivity index (χ3n) is 2.96. The van der Waals surface area contributed by atoms with E-state index in [2.05, 4.69) is 5.32 Å². The van der Waals surface area contributed by atoms with Crippen molar-refractivity contribution in [2.45, 2.75) is 38.1 Å². The lowest BCUT2D eigenvalue weighted by atomic mass is 10.1. The summed E-state index contributed by atoms with van der Waals surface area (Å²) in [5.74, 6) is -0.931. The molecule has 1 saturated heterocycles. The number of likely N-dealkylation sites (tertiary alicyclic amines) is 1. The summed E-state index contributed by atoms with van der Waals surface area (Å²) < 4.78 is 0. The molecular weight excluding hydrogens is 224 g/mol. The van der Waals surface area contributed by atoms with Gasteiger partial charge in [0.05, 0.1) is 19.1 Å². The van der Waals surface area contributed by atoms with Crippen molar-refractivity contribution >= 4 is 12.0 Å². The highest BCUT2D eigenvalue weighted by molar-refractivity contribution is 5.75. The number of nitrogens with one attached hydrogen (secondary N) is 1. The maximum absolute atomic E-state index is 11.8. The first-order valence-corrected chi connectivity index (χ1v) is 6.02. The predicted molar refractivity (Wildman–Crippen MR) is 61.7 cm³/mol. The van der Waals surface area contributed by atoms with Crippen LogP contribution in [-0.4, -0.2) is 52.9 Å². The van der Waals surface area contributed by atoms with Gasteiger partial charge in [-0.15, -0.1) is 0 Å². The maximum atomic E-state index is 11.8. The van der Waals surface area contributed by atoms with Crippen LogP contribution in [0.5, 0.6) is 0 Å². The number of amides is 2. The van der Waals surface area contributed by atoms with Crippen molar-refractivity contribution in [1.29, 1.82) is 0 Å². The molecule has 1 unspecified atom stereocenters. The van der Waals surface area contributed by atoms with Crippen LogP contribution in [0.4, 0.5) is 4.79 Å². The van der Waals surface area contributed by atoms with E-state index in [0.29, 0.717) is 6.54 Å². The van der Waals surface area contributed by atoms with Gasteiger partial charge in [0.1, 0.15) is 0 Å². The summed E-state index contributed by atoms with van der Waals surface area (Å²) in [6.07, 6.45) is 3.74. The number of urea groups is 1. The first-order chi connectivity index (χ1) is 8.15. The normalized spacial score (nSPS) is 20.8. The molecule has 0 radical (unpaired) electrons. The largest absolute Gasteiger partial charge is 0.481 e. The Morgan fingerprint density at radius 2 is 2.06 bits per heavy atom. The lowest BCUT2D eigenvalue weighted by molar-refractivity contribution is -0.136. The van der Waals surface area contributed by atoms with Crippen molar-refractivity contribution in [3.05, 3.63) is 0 Å². The van der Waals surface area contributed by atoms with Gasteiger partial charge in [-0.1, -0.05) is 12.8 Å². The second kappa shape index (κ2) is 7.11. The van der Waals surface area contributed by atoms with Gasteiger partial charge in [0.2, 0.25) is 0 Å². The molecule has 6 heteroatoms. The van der Waals surface area contributed by atoms with Crippen molar-refractivity contribution in [2.24, 2.45) is 0 Å². The maximum Gasteiger partial charge on any atom is 0.317 e. The lowest BCUT2D eigenvalue weighted by Crippen LogP contribution is -2.47. The Balaban J connectivity index is 2.43. The molecule has 0 aromatic heterocycles. The zero-order valence-electron chi connectivity index (χ0n) is 9.89. The molecule has 17 heavy (non-hydrogen) atoms. The van der Waals surface area contributed by atoms with Gasteiger partial charge in [-0.3, -0.25) is 4.79 Å². The minimum atomic E-state index is -0.931. The average Bonchev–Trinajstić information content (AvgIpc) is 2.52. The first-order valence-electron chi connectivity index (χ1n) is 6.02. The van der Waals surface area contributed by atoms with Crippen LogP contribution in [0.2, 0.25) is 0 Å². The minimum Gasteiger partial charge on any atom is -0.481 e. The van der Waals surface area contributed by atoms with E-state index in [9.17, 15) is 14.7 Å². The summed E-state index contributed by atoms with van der Waals surface area (Å²) in [6, 6.07) is -0.408. The predicted octanol–water partition coefficient (Wildman–Crippen LogP) is 0.408. The Labute approximate surface area is 101 Å². The average molecular weight is 244 g/mol. The zero-order valence-corrected chi connectivity index (χ0v) is 9.89. The van der Waals surface area contributed by atoms with Gasteiger partial charge in [0.25, 0.3) is 0 Å². The van der Waals surface area contributed by atoms with Crippen LogP contribution in [-0.2, 0) is 4.79 Å². The highest BCUT2D eigenvalue weighted by atomic mass is 16.4. The van der Waals surface area contributed by atoms with Crippen LogP contribution in [0.15, 0.2) is 0 Å². The molecule has 1 aliphatic heterocycles. The molecule has 98 valence electrons. The van der Waals surface area contributed by atoms with Gasteiger partial charge < -0.3 is 20.4 Å². The van der Waals surface area contributed by atoms with Crippen LogP contribution >= 0.6 is 0 Å². The van der Waals surface area contributed by atoms with Crippen LogP contribution in [0.3, 0.4) is 0 Å². The summed E-state index contributed by atoms with van der Waals surface area (Å²) in [5, 5.41) is 20.3. The Morgan fingerprint density at radius 3 is 2.71 bits per heavy atom. The van der Waals surface area contributed by atoms with Crippen LogP contribution in [0, 0.1) is 0 Å². The number of carbonyl (C=O) groups excluding carboxylic acids is 1. The summed E-state index contributed by atoms with van der Waals surface area (Å²) >= 11 is 0. The number of carboxylic acids is 1. The van der Waals surface area contributed by atoms with Gasteiger partial charge >= 0.3 is 12.0 Å². The van der Waals surface area contributed by atoms with Gasteiger partial charge in [0.15, 0.2) is 0 Å². The number of rotatable bonds is 4. The molecule has 6 nitrogen and oxygen atoms in total. The fourth-order valence-corrected chi connectivity index (χ4v) is 2.01. The molecule has 3 N–H and O–H groups in total. The number of carboxylic acid groups (broad SMARTS) is 1. The number of carbonyl (C=O) groups is 2. The van der Waals surface area contributed by atoms with Crippen molar-refractivity contribution in [1.82, 2.24) is 10.2 Å². The van der Waals surface area contributed by atoms with E-state index in [1.54, 1.807) is 4.90 Å². The molecule has 1 fully saturated rings. The number of hydrogen-bond acceptors (Lipinski definition) is 3. The highest BCUT2D eigenvalue weighted by Gasteiger charge is 2.24. The minimum absolute atomic E-state index is 0.0354. The van der Waals surface area contributed by atoms with Gasteiger partial charge in [-0.2, -0.15) is 0 Å². The molecule has 0 spiro atoms. The molecule has 2 amide bonds. The van der Waals surface area contributed by atoms with Crippen LogP contribution < -0.4 is 5.32 Å². The number of aliphatic hydroxyl groups excluding tert-OH is 1. The Morgan fingerprint density at radius 1 is 1.29 bits per heavy atom. The van der Waals surface area contributed by atoms with E-state index in [0.717, 1.165) is 25.7 Å². The number of hydrogen-bond donors (Lipinski definition) is 3. The lowest BCUT2D eigenvalue weighted by Gasteiger charge is -2.28. The molecule has 1 aliphatic rings. The van der Waals surface area contributed by atoms with Gasteiger partial charge in [0, 0.05) is 13.1 Å². The summed E-state index contributed by atoms with van der Waals surface area (Å²) in [5.41, 5.74) is 0. The highest BCUT2D eigenvalue weighted by Crippen LogP contribution is 2.16. The first kappa shape index (κ1) is 13.8. The second-order valence-corrected chi connectivity index (χ2v) is 4.25. The molecule has 0 bridgehead atoms. The van der Waals surface area contributed by atoms with Crippen molar-refractivity contribution in [3.63, 3.8) is 0 Å². The van der Waals surface area contributed by atoms with Crippen molar-refractivity contribution < 1.29 is 19.8 Å². The van der Waals surface area contributed by atoms with E-state index >= 15 is 0 Å². The molecule has 0 aromatic rings.